The van der Waals surface area contributed by atoms with Crippen LogP contribution in [0.1, 0.15) is 32.6 Å². The van der Waals surface area contributed by atoms with Crippen molar-refractivity contribution in [2.24, 2.45) is 0 Å². The molecule has 0 aliphatic carbocycles. The van der Waals surface area contributed by atoms with Crippen LogP contribution in [0.25, 0.3) is 0 Å². The Kier molecular flexibility index (Phi) is 4.06. The predicted molar refractivity (Wildman–Crippen MR) is 48.4 cm³/mol. The molecule has 0 aromatic carbocycles. The second kappa shape index (κ2) is 4.85. The first-order chi connectivity index (χ1) is 5.74. The fourth-order valence-electron chi connectivity index (χ4n) is 1.60. The summed E-state index contributed by atoms with van der Waals surface area (Å²) in [5.74, 6) is 0. The molecule has 3 nitrogen and oxygen atoms in total. The van der Waals surface area contributed by atoms with Crippen LogP contribution in [-0.2, 0) is 0 Å². The molecule has 1 saturated heterocycles. The van der Waals surface area contributed by atoms with Crippen molar-refractivity contribution < 1.29 is 9.90 Å². The van der Waals surface area contributed by atoms with Crippen LogP contribution in [0.5, 0.6) is 0 Å². The van der Waals surface area contributed by atoms with Crippen LogP contribution in [0.3, 0.4) is 0 Å². The van der Waals surface area contributed by atoms with E-state index in [1.54, 1.807) is 0 Å². The molecule has 0 radical (unpaired) electrons. The van der Waals surface area contributed by atoms with Crippen LogP contribution in [0.15, 0.2) is 0 Å². The molecule has 4 heteroatoms. The maximum absolute atomic E-state index is 10.5. The Hall–Kier alpha value is -0.0505. The topological polar surface area (TPSA) is 40.5 Å². The Morgan fingerprint density at radius 3 is 3.00 bits per heavy atom. The third-order valence-corrected chi connectivity index (χ3v) is 4.07. The molecule has 1 atom stereocenters. The molecule has 0 aromatic rings. The van der Waals surface area contributed by atoms with Gasteiger partial charge in [-0.15, -0.1) is 0 Å². The Morgan fingerprint density at radius 2 is 2.42 bits per heavy atom. The van der Waals surface area contributed by atoms with Gasteiger partial charge in [-0.2, -0.15) is 0 Å². The van der Waals surface area contributed by atoms with Crippen molar-refractivity contribution in [2.45, 2.75) is 38.6 Å². The van der Waals surface area contributed by atoms with E-state index in [0.29, 0.717) is 6.04 Å². The molecule has 0 bridgehead atoms. The van der Waals surface area contributed by atoms with Gasteiger partial charge in [0.25, 0.3) is 0 Å². The van der Waals surface area contributed by atoms with E-state index in [-0.39, 0.29) is 15.2 Å². The van der Waals surface area contributed by atoms with Gasteiger partial charge in [-0.3, -0.25) is 0 Å². The summed E-state index contributed by atoms with van der Waals surface area (Å²) < 4.78 is 2.15. The average molecular weight is 236 g/mol. The first kappa shape index (κ1) is 10.0. The molecule has 70 valence electrons. The van der Waals surface area contributed by atoms with Gasteiger partial charge in [-0.1, -0.05) is 0 Å². The fourth-order valence-corrected chi connectivity index (χ4v) is 3.33. The molecular formula is C8H15NO2Se. The van der Waals surface area contributed by atoms with Crippen molar-refractivity contribution in [3.05, 3.63) is 0 Å². The van der Waals surface area contributed by atoms with E-state index < -0.39 is 4.87 Å². The van der Waals surface area contributed by atoms with Gasteiger partial charge in [0, 0.05) is 0 Å². The van der Waals surface area contributed by atoms with Crippen LogP contribution >= 0.6 is 0 Å². The van der Waals surface area contributed by atoms with E-state index in [0.717, 1.165) is 13.0 Å². The third kappa shape index (κ3) is 2.77. The molecule has 0 saturated carbocycles. The van der Waals surface area contributed by atoms with Crippen molar-refractivity contribution in [3.8, 4) is 0 Å². The molecule has 0 amide bonds. The van der Waals surface area contributed by atoms with Gasteiger partial charge in [-0.25, -0.2) is 0 Å². The second-order valence-corrected chi connectivity index (χ2v) is 5.16. The zero-order valence-electron chi connectivity index (χ0n) is 7.32. The van der Waals surface area contributed by atoms with Gasteiger partial charge < -0.3 is 0 Å². The SMILES string of the molecule is CCC1CCCCN1[Se]C(=O)O. The summed E-state index contributed by atoms with van der Waals surface area (Å²) in [5.41, 5.74) is 0. The van der Waals surface area contributed by atoms with E-state index in [2.05, 4.69) is 10.8 Å². The summed E-state index contributed by atoms with van der Waals surface area (Å²) in [6.45, 7) is 3.13. The van der Waals surface area contributed by atoms with Gasteiger partial charge in [0.2, 0.25) is 0 Å². The molecule has 0 spiro atoms. The van der Waals surface area contributed by atoms with Crippen LogP contribution in [-0.4, -0.2) is 41.7 Å². The zero-order chi connectivity index (χ0) is 8.97. The molecule has 0 aromatic heterocycles. The van der Waals surface area contributed by atoms with Crippen LogP contribution < -0.4 is 0 Å². The molecule has 1 unspecified atom stereocenters. The summed E-state index contributed by atoms with van der Waals surface area (Å²) in [4.78, 5) is 9.88. The zero-order valence-corrected chi connectivity index (χ0v) is 9.04. The Morgan fingerprint density at radius 1 is 1.67 bits per heavy atom. The Bertz CT molecular complexity index is 163. The molecule has 1 N–H and O–H groups in total. The summed E-state index contributed by atoms with van der Waals surface area (Å²) in [6, 6.07) is 0.537. The predicted octanol–water partition coefficient (Wildman–Crippen LogP) is 1.55. The van der Waals surface area contributed by atoms with E-state index >= 15 is 0 Å². The van der Waals surface area contributed by atoms with Gasteiger partial charge in [0.15, 0.2) is 0 Å². The summed E-state index contributed by atoms with van der Waals surface area (Å²) in [6.07, 6.45) is 4.72. The maximum atomic E-state index is 10.5. The summed E-state index contributed by atoms with van der Waals surface area (Å²) >= 11 is -0.332. The molecule has 1 fully saturated rings. The quantitative estimate of drug-likeness (QED) is 0.756. The van der Waals surface area contributed by atoms with Gasteiger partial charge in [0.05, 0.1) is 0 Å². The van der Waals surface area contributed by atoms with Crippen LogP contribution in [0, 0.1) is 0 Å². The molecule has 1 heterocycles. The number of nitrogens with zero attached hydrogens (tertiary/aromatic N) is 1. The fraction of sp³-hybridized carbons (Fsp3) is 0.875. The number of carbonyl (C=O) groups is 1. The van der Waals surface area contributed by atoms with Crippen molar-refractivity contribution in [1.82, 2.24) is 3.92 Å². The standard InChI is InChI=1S/C8H15NO2Se/c1-2-7-5-3-4-6-9(7)12-8(10)11/h7H,2-6H2,1H3,(H,10,11). The Balaban J connectivity index is 2.41. The molecule has 12 heavy (non-hydrogen) atoms. The number of rotatable bonds is 3. The molecular weight excluding hydrogens is 221 g/mol. The first-order valence-electron chi connectivity index (χ1n) is 4.41. The van der Waals surface area contributed by atoms with E-state index in [1.165, 1.54) is 19.3 Å². The first-order valence-corrected chi connectivity index (χ1v) is 6.04. The monoisotopic (exact) mass is 237 g/mol. The van der Waals surface area contributed by atoms with Gasteiger partial charge in [-0.05, 0) is 0 Å². The van der Waals surface area contributed by atoms with Crippen LogP contribution in [0.4, 0.5) is 4.79 Å². The van der Waals surface area contributed by atoms with E-state index in [4.69, 9.17) is 5.11 Å². The molecule has 1 rings (SSSR count). The molecule has 1 aliphatic rings. The van der Waals surface area contributed by atoms with Crippen molar-refractivity contribution in [1.29, 1.82) is 0 Å². The average Bonchev–Trinajstić information content (AvgIpc) is 2.04. The minimum atomic E-state index is -0.636. The number of piperidine rings is 1. The number of hydrogen-bond acceptors (Lipinski definition) is 2. The summed E-state index contributed by atoms with van der Waals surface area (Å²) in [7, 11) is 0. The van der Waals surface area contributed by atoms with Gasteiger partial charge >= 0.3 is 79.1 Å². The van der Waals surface area contributed by atoms with Crippen molar-refractivity contribution in [3.63, 3.8) is 0 Å². The number of hydrogen-bond donors (Lipinski definition) is 1. The van der Waals surface area contributed by atoms with E-state index in [1.807, 2.05) is 0 Å². The number of carboxylic acid groups (broad SMARTS) is 1. The Labute approximate surface area is 79.5 Å². The van der Waals surface area contributed by atoms with Crippen molar-refractivity contribution >= 4 is 20.0 Å². The summed E-state index contributed by atoms with van der Waals surface area (Å²) in [5, 5.41) is 8.67. The third-order valence-electron chi connectivity index (χ3n) is 2.24. The van der Waals surface area contributed by atoms with Gasteiger partial charge in [0.1, 0.15) is 0 Å². The second-order valence-electron chi connectivity index (χ2n) is 3.06. The van der Waals surface area contributed by atoms with Crippen LogP contribution in [0.2, 0.25) is 0 Å². The molecule has 1 aliphatic heterocycles. The minimum absolute atomic E-state index is 0.332. The van der Waals surface area contributed by atoms with Crippen molar-refractivity contribution in [2.75, 3.05) is 6.54 Å². The van der Waals surface area contributed by atoms with E-state index in [9.17, 15) is 4.79 Å². The normalized spacial score (nSPS) is 25.6.